The molecule has 2 nitrogen and oxygen atoms in total. The smallest absolute Gasteiger partial charge is 0.391 e. The van der Waals surface area contributed by atoms with E-state index in [-0.39, 0.29) is 5.56 Å². The first-order valence-corrected chi connectivity index (χ1v) is 5.14. The second-order valence-electron chi connectivity index (χ2n) is 4.03. The molecule has 0 bridgehead atoms. The molecule has 1 atom stereocenters. The van der Waals surface area contributed by atoms with Crippen molar-refractivity contribution in [2.45, 2.75) is 32.5 Å². The molecule has 0 aromatic heterocycles. The van der Waals surface area contributed by atoms with Crippen molar-refractivity contribution in [3.63, 3.8) is 0 Å². The number of hydrogen-bond acceptors (Lipinski definition) is 2. The van der Waals surface area contributed by atoms with Gasteiger partial charge >= 0.3 is 6.18 Å². The van der Waals surface area contributed by atoms with Gasteiger partial charge in [0.1, 0.15) is 5.75 Å². The summed E-state index contributed by atoms with van der Waals surface area (Å²) >= 11 is 0. The largest absolute Gasteiger partial charge is 0.496 e. The van der Waals surface area contributed by atoms with Crippen molar-refractivity contribution in [1.82, 2.24) is 0 Å². The quantitative estimate of drug-likeness (QED) is 0.889. The summed E-state index contributed by atoms with van der Waals surface area (Å²) in [4.78, 5) is 0. The molecule has 1 N–H and O–H groups in total. The summed E-state index contributed by atoms with van der Waals surface area (Å²) in [5, 5.41) is 9.64. The van der Waals surface area contributed by atoms with E-state index in [0.717, 1.165) is 5.56 Å². The zero-order chi connectivity index (χ0) is 13.2. The van der Waals surface area contributed by atoms with Gasteiger partial charge in [-0.25, -0.2) is 0 Å². The number of aryl methyl sites for hydroxylation is 2. The van der Waals surface area contributed by atoms with Crippen LogP contribution < -0.4 is 4.74 Å². The Balaban J connectivity index is 3.12. The van der Waals surface area contributed by atoms with Gasteiger partial charge in [0.05, 0.1) is 19.6 Å². The standard InChI is InChI=1S/C12H15F3O2/c1-7-4-8(2)11(10(5-7)17-3)9(16)6-12(13,14)15/h4-5,9,16H,6H2,1-3H3. The van der Waals surface area contributed by atoms with Gasteiger partial charge in [0, 0.05) is 5.56 Å². The van der Waals surface area contributed by atoms with Gasteiger partial charge in [0.2, 0.25) is 0 Å². The number of rotatable bonds is 3. The number of alkyl halides is 3. The third-order valence-corrected chi connectivity index (χ3v) is 2.47. The van der Waals surface area contributed by atoms with Gasteiger partial charge in [0.25, 0.3) is 0 Å². The van der Waals surface area contributed by atoms with Gasteiger partial charge < -0.3 is 9.84 Å². The Morgan fingerprint density at radius 1 is 1.29 bits per heavy atom. The van der Waals surface area contributed by atoms with Crippen LogP contribution in [-0.2, 0) is 0 Å². The third kappa shape index (κ3) is 3.63. The van der Waals surface area contributed by atoms with E-state index in [1.54, 1.807) is 19.1 Å². The molecule has 1 aromatic carbocycles. The Morgan fingerprint density at radius 2 is 1.88 bits per heavy atom. The van der Waals surface area contributed by atoms with E-state index in [9.17, 15) is 18.3 Å². The van der Waals surface area contributed by atoms with Crippen molar-refractivity contribution >= 4 is 0 Å². The van der Waals surface area contributed by atoms with Gasteiger partial charge in [-0.05, 0) is 31.0 Å². The molecular formula is C12H15F3O2. The first-order chi connectivity index (χ1) is 7.74. The zero-order valence-corrected chi connectivity index (χ0v) is 9.93. The molecule has 0 aliphatic carbocycles. The van der Waals surface area contributed by atoms with Crippen LogP contribution in [0.3, 0.4) is 0 Å². The lowest BCUT2D eigenvalue weighted by atomic mass is 9.97. The Kier molecular flexibility index (Phi) is 4.03. The summed E-state index contributed by atoms with van der Waals surface area (Å²) < 4.78 is 41.7. The lowest BCUT2D eigenvalue weighted by molar-refractivity contribution is -0.154. The topological polar surface area (TPSA) is 29.5 Å². The van der Waals surface area contributed by atoms with Crippen LogP contribution in [0.25, 0.3) is 0 Å². The minimum Gasteiger partial charge on any atom is -0.496 e. The second kappa shape index (κ2) is 4.96. The average molecular weight is 248 g/mol. The fourth-order valence-electron chi connectivity index (χ4n) is 1.86. The maximum Gasteiger partial charge on any atom is 0.391 e. The van der Waals surface area contributed by atoms with Crippen molar-refractivity contribution in [3.05, 3.63) is 28.8 Å². The summed E-state index contributed by atoms with van der Waals surface area (Å²) in [5.74, 6) is 0.291. The monoisotopic (exact) mass is 248 g/mol. The molecule has 0 fully saturated rings. The lowest BCUT2D eigenvalue weighted by Gasteiger charge is -2.19. The number of halogens is 3. The van der Waals surface area contributed by atoms with E-state index in [1.807, 2.05) is 6.92 Å². The molecule has 17 heavy (non-hydrogen) atoms. The number of aliphatic hydroxyl groups is 1. The van der Waals surface area contributed by atoms with Crippen LogP contribution in [0.2, 0.25) is 0 Å². The van der Waals surface area contributed by atoms with Gasteiger partial charge in [-0.15, -0.1) is 0 Å². The molecule has 5 heteroatoms. The van der Waals surface area contributed by atoms with Gasteiger partial charge in [0.15, 0.2) is 0 Å². The molecule has 0 radical (unpaired) electrons. The van der Waals surface area contributed by atoms with Crippen molar-refractivity contribution in [3.8, 4) is 5.75 Å². The summed E-state index contributed by atoms with van der Waals surface area (Å²) in [6, 6.07) is 3.33. The SMILES string of the molecule is COc1cc(C)cc(C)c1C(O)CC(F)(F)F. The molecule has 1 unspecified atom stereocenters. The molecule has 0 amide bonds. The molecule has 1 rings (SSSR count). The highest BCUT2D eigenvalue weighted by atomic mass is 19.4. The highest BCUT2D eigenvalue weighted by Gasteiger charge is 2.33. The predicted octanol–water partition coefficient (Wildman–Crippen LogP) is 3.30. The Bertz CT molecular complexity index is 399. The van der Waals surface area contributed by atoms with Gasteiger partial charge in [-0.1, -0.05) is 6.07 Å². The molecule has 0 spiro atoms. The summed E-state index contributed by atoms with van der Waals surface area (Å²) in [5.41, 5.74) is 1.68. The molecule has 0 heterocycles. The summed E-state index contributed by atoms with van der Waals surface area (Å²) in [6.45, 7) is 3.47. The molecule has 96 valence electrons. The second-order valence-corrected chi connectivity index (χ2v) is 4.03. The Labute approximate surface area is 98.0 Å². The average Bonchev–Trinajstić information content (AvgIpc) is 2.12. The molecular weight excluding hydrogens is 233 g/mol. The first-order valence-electron chi connectivity index (χ1n) is 5.14. The fourth-order valence-corrected chi connectivity index (χ4v) is 1.86. The number of methoxy groups -OCH3 is 1. The van der Waals surface area contributed by atoms with Crippen LogP contribution >= 0.6 is 0 Å². The van der Waals surface area contributed by atoms with E-state index in [0.29, 0.717) is 11.3 Å². The van der Waals surface area contributed by atoms with Crippen molar-refractivity contribution < 1.29 is 23.0 Å². The minimum absolute atomic E-state index is 0.204. The third-order valence-electron chi connectivity index (χ3n) is 2.47. The van der Waals surface area contributed by atoms with Gasteiger partial charge in [-0.3, -0.25) is 0 Å². The molecule has 0 aliphatic heterocycles. The number of benzene rings is 1. The van der Waals surface area contributed by atoms with Crippen LogP contribution in [0.15, 0.2) is 12.1 Å². The van der Waals surface area contributed by atoms with Crippen LogP contribution in [0.4, 0.5) is 13.2 Å². The number of ether oxygens (including phenoxy) is 1. The van der Waals surface area contributed by atoms with E-state index < -0.39 is 18.7 Å². The Hall–Kier alpha value is -1.23. The molecule has 0 saturated carbocycles. The van der Waals surface area contributed by atoms with Gasteiger partial charge in [-0.2, -0.15) is 13.2 Å². The highest BCUT2D eigenvalue weighted by Crippen LogP contribution is 2.36. The zero-order valence-electron chi connectivity index (χ0n) is 9.93. The van der Waals surface area contributed by atoms with Crippen molar-refractivity contribution in [2.75, 3.05) is 7.11 Å². The molecule has 1 aromatic rings. The first kappa shape index (κ1) is 13.8. The summed E-state index contributed by atoms with van der Waals surface area (Å²) in [7, 11) is 1.37. The maximum atomic E-state index is 12.2. The van der Waals surface area contributed by atoms with E-state index in [1.165, 1.54) is 7.11 Å². The molecule has 0 aliphatic rings. The number of hydrogen-bond donors (Lipinski definition) is 1. The normalized spacial score (nSPS) is 13.6. The maximum absolute atomic E-state index is 12.2. The Morgan fingerprint density at radius 3 is 2.35 bits per heavy atom. The van der Waals surface area contributed by atoms with Crippen LogP contribution in [0.5, 0.6) is 5.75 Å². The van der Waals surface area contributed by atoms with Crippen molar-refractivity contribution in [2.24, 2.45) is 0 Å². The van der Waals surface area contributed by atoms with Crippen LogP contribution in [0.1, 0.15) is 29.2 Å². The van der Waals surface area contributed by atoms with E-state index in [2.05, 4.69) is 0 Å². The highest BCUT2D eigenvalue weighted by molar-refractivity contribution is 5.44. The van der Waals surface area contributed by atoms with E-state index >= 15 is 0 Å². The predicted molar refractivity (Wildman–Crippen MR) is 58.1 cm³/mol. The lowest BCUT2D eigenvalue weighted by Crippen LogP contribution is -2.15. The molecule has 0 saturated heterocycles. The number of aliphatic hydroxyl groups excluding tert-OH is 1. The fraction of sp³-hybridized carbons (Fsp3) is 0.500. The van der Waals surface area contributed by atoms with Crippen LogP contribution in [0, 0.1) is 13.8 Å². The minimum atomic E-state index is -4.40. The van der Waals surface area contributed by atoms with Crippen LogP contribution in [-0.4, -0.2) is 18.4 Å². The van der Waals surface area contributed by atoms with E-state index in [4.69, 9.17) is 4.74 Å². The van der Waals surface area contributed by atoms with Crippen molar-refractivity contribution in [1.29, 1.82) is 0 Å². The summed E-state index contributed by atoms with van der Waals surface area (Å²) in [6.07, 6.45) is -7.26.